The van der Waals surface area contributed by atoms with Crippen molar-refractivity contribution >= 4 is 23.2 Å². The van der Waals surface area contributed by atoms with Crippen molar-refractivity contribution in [2.24, 2.45) is 0 Å². The monoisotopic (exact) mass is 308 g/mol. The minimum absolute atomic E-state index is 0.695. The summed E-state index contributed by atoms with van der Waals surface area (Å²) >= 11 is 12.6. The van der Waals surface area contributed by atoms with Gasteiger partial charge in [-0.3, -0.25) is 0 Å². The lowest BCUT2D eigenvalue weighted by Crippen LogP contribution is -1.97. The molecule has 2 aromatic carbocycles. The summed E-state index contributed by atoms with van der Waals surface area (Å²) in [7, 11) is 1.63. The van der Waals surface area contributed by atoms with E-state index in [9.17, 15) is 0 Å². The summed E-state index contributed by atoms with van der Waals surface area (Å²) < 4.78 is 5.23. The second-order valence-electron chi connectivity index (χ2n) is 4.91. The minimum Gasteiger partial charge on any atom is -0.495 e. The van der Waals surface area contributed by atoms with E-state index in [1.54, 1.807) is 7.11 Å². The zero-order valence-electron chi connectivity index (χ0n) is 12.0. The SMILES string of the molecule is COc1ccc(CCc2cccc(C)c2Cl)c(C)c1Cl. The molecule has 0 atom stereocenters. The van der Waals surface area contributed by atoms with Crippen LogP contribution < -0.4 is 4.74 Å². The Bertz CT molecular complexity index is 621. The molecule has 0 amide bonds. The van der Waals surface area contributed by atoms with Gasteiger partial charge in [-0.05, 0) is 55.0 Å². The van der Waals surface area contributed by atoms with E-state index in [-0.39, 0.29) is 0 Å². The van der Waals surface area contributed by atoms with Gasteiger partial charge in [0.05, 0.1) is 12.1 Å². The molecule has 3 heteroatoms. The first kappa shape index (κ1) is 15.2. The average Bonchev–Trinajstić information content (AvgIpc) is 2.44. The van der Waals surface area contributed by atoms with Crippen LogP contribution in [0.4, 0.5) is 0 Å². The molecule has 0 saturated carbocycles. The van der Waals surface area contributed by atoms with Crippen molar-refractivity contribution in [1.82, 2.24) is 0 Å². The Kier molecular flexibility index (Phi) is 4.95. The Hall–Kier alpha value is -1.18. The van der Waals surface area contributed by atoms with Crippen LogP contribution in [-0.2, 0) is 12.8 Å². The normalized spacial score (nSPS) is 10.7. The highest BCUT2D eigenvalue weighted by atomic mass is 35.5. The van der Waals surface area contributed by atoms with Gasteiger partial charge in [-0.1, -0.05) is 47.5 Å². The van der Waals surface area contributed by atoms with Crippen molar-refractivity contribution in [2.45, 2.75) is 26.7 Å². The third kappa shape index (κ3) is 3.11. The summed E-state index contributed by atoms with van der Waals surface area (Å²) in [6, 6.07) is 10.1. The van der Waals surface area contributed by atoms with Crippen molar-refractivity contribution in [3.05, 3.63) is 62.6 Å². The first-order valence-electron chi connectivity index (χ1n) is 6.60. The van der Waals surface area contributed by atoms with E-state index in [0.29, 0.717) is 5.02 Å². The molecule has 0 fully saturated rings. The molecule has 2 aromatic rings. The molecule has 0 saturated heterocycles. The Morgan fingerprint density at radius 2 is 1.60 bits per heavy atom. The largest absolute Gasteiger partial charge is 0.495 e. The van der Waals surface area contributed by atoms with Crippen LogP contribution in [0.2, 0.25) is 10.0 Å². The van der Waals surface area contributed by atoms with Gasteiger partial charge in [0.1, 0.15) is 5.75 Å². The second-order valence-corrected chi connectivity index (χ2v) is 5.67. The zero-order valence-corrected chi connectivity index (χ0v) is 13.5. The van der Waals surface area contributed by atoms with Crippen LogP contribution in [0, 0.1) is 13.8 Å². The number of benzene rings is 2. The molecular formula is C17H18Cl2O. The maximum Gasteiger partial charge on any atom is 0.137 e. The van der Waals surface area contributed by atoms with Crippen LogP contribution in [0.1, 0.15) is 22.3 Å². The first-order chi connectivity index (χ1) is 9.54. The van der Waals surface area contributed by atoms with Gasteiger partial charge in [-0.25, -0.2) is 0 Å². The van der Waals surface area contributed by atoms with Gasteiger partial charge in [0, 0.05) is 5.02 Å². The predicted molar refractivity (Wildman–Crippen MR) is 86.3 cm³/mol. The van der Waals surface area contributed by atoms with E-state index in [1.807, 2.05) is 32.0 Å². The molecular weight excluding hydrogens is 291 g/mol. The topological polar surface area (TPSA) is 9.23 Å². The van der Waals surface area contributed by atoms with Gasteiger partial charge in [0.2, 0.25) is 0 Å². The van der Waals surface area contributed by atoms with Crippen LogP contribution in [0.3, 0.4) is 0 Å². The molecule has 0 N–H and O–H groups in total. The van der Waals surface area contributed by atoms with E-state index in [4.69, 9.17) is 27.9 Å². The highest BCUT2D eigenvalue weighted by molar-refractivity contribution is 6.33. The number of hydrogen-bond donors (Lipinski definition) is 0. The summed E-state index contributed by atoms with van der Waals surface area (Å²) in [4.78, 5) is 0. The molecule has 106 valence electrons. The molecule has 0 spiro atoms. The van der Waals surface area contributed by atoms with Crippen molar-refractivity contribution in [3.63, 3.8) is 0 Å². The van der Waals surface area contributed by atoms with Crippen molar-refractivity contribution in [2.75, 3.05) is 7.11 Å². The smallest absolute Gasteiger partial charge is 0.137 e. The summed E-state index contributed by atoms with van der Waals surface area (Å²) in [6.07, 6.45) is 1.82. The quantitative estimate of drug-likeness (QED) is 0.734. The summed E-state index contributed by atoms with van der Waals surface area (Å²) in [5.74, 6) is 0.724. The first-order valence-corrected chi connectivity index (χ1v) is 7.36. The molecule has 0 aliphatic rings. The standard InChI is InChI=1S/C17H18Cl2O/c1-11-5-4-6-14(16(11)18)8-7-13-9-10-15(20-3)17(19)12(13)2/h4-6,9-10H,7-8H2,1-3H3. The molecule has 20 heavy (non-hydrogen) atoms. The molecule has 1 nitrogen and oxygen atoms in total. The summed E-state index contributed by atoms with van der Waals surface area (Å²) in [5.41, 5.74) is 4.61. The van der Waals surface area contributed by atoms with E-state index < -0.39 is 0 Å². The van der Waals surface area contributed by atoms with Gasteiger partial charge >= 0.3 is 0 Å². The van der Waals surface area contributed by atoms with Crippen LogP contribution in [-0.4, -0.2) is 7.11 Å². The molecule has 0 aromatic heterocycles. The minimum atomic E-state index is 0.695. The second kappa shape index (κ2) is 6.51. The fourth-order valence-corrected chi connectivity index (χ4v) is 2.78. The van der Waals surface area contributed by atoms with Gasteiger partial charge < -0.3 is 4.74 Å². The predicted octanol–water partition coefficient (Wildman–Crippen LogP) is 5.40. The van der Waals surface area contributed by atoms with E-state index >= 15 is 0 Å². The van der Waals surface area contributed by atoms with Crippen LogP contribution in [0.25, 0.3) is 0 Å². The number of hydrogen-bond acceptors (Lipinski definition) is 1. The lowest BCUT2D eigenvalue weighted by molar-refractivity contribution is 0.414. The van der Waals surface area contributed by atoms with Crippen LogP contribution in [0.15, 0.2) is 30.3 Å². The van der Waals surface area contributed by atoms with E-state index in [2.05, 4.69) is 12.1 Å². The Morgan fingerprint density at radius 1 is 0.900 bits per heavy atom. The summed E-state index contributed by atoms with van der Waals surface area (Å²) in [5, 5.41) is 1.56. The Labute approximate surface area is 130 Å². The molecule has 0 unspecified atom stereocenters. The van der Waals surface area contributed by atoms with Gasteiger partial charge in [0.15, 0.2) is 0 Å². The van der Waals surface area contributed by atoms with Crippen molar-refractivity contribution in [3.8, 4) is 5.75 Å². The number of rotatable bonds is 4. The van der Waals surface area contributed by atoms with Gasteiger partial charge in [0.25, 0.3) is 0 Å². The highest BCUT2D eigenvalue weighted by Crippen LogP contribution is 2.31. The molecule has 0 aliphatic carbocycles. The maximum atomic E-state index is 6.33. The van der Waals surface area contributed by atoms with Gasteiger partial charge in [-0.2, -0.15) is 0 Å². The average molecular weight is 309 g/mol. The Balaban J connectivity index is 2.19. The highest BCUT2D eigenvalue weighted by Gasteiger charge is 2.09. The maximum absolute atomic E-state index is 6.33. The zero-order chi connectivity index (χ0) is 14.7. The lowest BCUT2D eigenvalue weighted by atomic mass is 9.99. The third-order valence-electron chi connectivity index (χ3n) is 3.62. The number of halogens is 2. The molecule has 0 heterocycles. The number of methoxy groups -OCH3 is 1. The summed E-state index contributed by atoms with van der Waals surface area (Å²) in [6.45, 7) is 4.05. The fourth-order valence-electron chi connectivity index (χ4n) is 2.30. The number of aryl methyl sites for hydroxylation is 3. The molecule has 0 bridgehead atoms. The third-order valence-corrected chi connectivity index (χ3v) is 4.63. The molecule has 0 radical (unpaired) electrons. The fraction of sp³-hybridized carbons (Fsp3) is 0.294. The number of ether oxygens (including phenoxy) is 1. The molecule has 2 rings (SSSR count). The van der Waals surface area contributed by atoms with Crippen LogP contribution >= 0.6 is 23.2 Å². The molecule has 0 aliphatic heterocycles. The Morgan fingerprint density at radius 3 is 2.30 bits per heavy atom. The van der Waals surface area contributed by atoms with E-state index in [0.717, 1.165) is 34.7 Å². The lowest BCUT2D eigenvalue weighted by Gasteiger charge is -2.12. The van der Waals surface area contributed by atoms with Gasteiger partial charge in [-0.15, -0.1) is 0 Å². The van der Waals surface area contributed by atoms with Crippen molar-refractivity contribution in [1.29, 1.82) is 0 Å². The van der Waals surface area contributed by atoms with Crippen molar-refractivity contribution < 1.29 is 4.74 Å². The van der Waals surface area contributed by atoms with E-state index in [1.165, 1.54) is 11.1 Å². The van der Waals surface area contributed by atoms with Crippen LogP contribution in [0.5, 0.6) is 5.75 Å².